The summed E-state index contributed by atoms with van der Waals surface area (Å²) in [7, 11) is 0. The van der Waals surface area contributed by atoms with Gasteiger partial charge in [0.2, 0.25) is 0 Å². The maximum atomic E-state index is 0. The molecule has 6 heteroatoms. The molecule has 0 saturated heterocycles. The molecule has 0 saturated carbocycles. The predicted octanol–water partition coefficient (Wildman–Crippen LogP) is 1.73. The molecule has 0 spiro atoms. The third-order valence-electron chi connectivity index (χ3n) is 0. The fourth-order valence-electron chi connectivity index (χ4n) is 0. The molecule has 0 bridgehead atoms. The number of hydrogen-bond donors (Lipinski definition) is 0. The number of rotatable bonds is 0. The van der Waals surface area contributed by atoms with E-state index in [9.17, 15) is 0 Å². The van der Waals surface area contributed by atoms with Crippen molar-refractivity contribution in [1.29, 1.82) is 0 Å². The zero-order valence-corrected chi connectivity index (χ0v) is 9.12. The fourth-order valence-corrected chi connectivity index (χ4v) is 0. The molecule has 6 heavy (non-hydrogen) atoms. The quantitative estimate of drug-likeness (QED) is 0.598. The second kappa shape index (κ2) is 55.5. The van der Waals surface area contributed by atoms with Crippen molar-refractivity contribution in [1.82, 2.24) is 0 Å². The average Bonchev–Trinajstić information content (AvgIpc) is 0. The molecular weight excluding hydrogens is 299 g/mol. The van der Waals surface area contributed by atoms with Crippen LogP contribution in [0.5, 0.6) is 0 Å². The molecule has 0 aliphatic heterocycles. The van der Waals surface area contributed by atoms with Gasteiger partial charge in [-0.3, -0.25) is 0 Å². The Labute approximate surface area is 85.7 Å². The molecule has 0 aromatic rings. The molecule has 0 aromatic carbocycles. The maximum Gasteiger partial charge on any atom is 0 e. The van der Waals surface area contributed by atoms with Gasteiger partial charge < -0.3 is 0 Å². The van der Waals surface area contributed by atoms with E-state index in [1.165, 1.54) is 0 Å². The van der Waals surface area contributed by atoms with Gasteiger partial charge in [-0.15, -0.1) is 62.0 Å². The molecule has 0 rings (SSSR count). The molecular formula is H5Cl5Sb. The van der Waals surface area contributed by atoms with E-state index in [0.717, 1.165) is 0 Å². The molecule has 3 radical (unpaired) electrons. The first-order chi connectivity index (χ1) is 0. The summed E-state index contributed by atoms with van der Waals surface area (Å²) in [5.41, 5.74) is 0. The summed E-state index contributed by atoms with van der Waals surface area (Å²) in [4.78, 5) is 0. The molecule has 0 atom stereocenters. The zero-order valence-electron chi connectivity index (χ0n) is 2.49. The standard InChI is InChI=1S/5ClH.Sb/h5*1H;. The first-order valence-electron chi connectivity index (χ1n) is 0. The topological polar surface area (TPSA) is 0 Å². The maximum absolute atomic E-state index is 0. The minimum Gasteiger partial charge on any atom is -0.147 e. The fraction of sp³-hybridized carbons (Fsp3) is 0. The smallest absolute Gasteiger partial charge is 0 e. The first kappa shape index (κ1) is 84.9. The summed E-state index contributed by atoms with van der Waals surface area (Å²) < 4.78 is 0. The van der Waals surface area contributed by atoms with Crippen LogP contribution < -0.4 is 0 Å². The summed E-state index contributed by atoms with van der Waals surface area (Å²) in [6.07, 6.45) is 0. The van der Waals surface area contributed by atoms with Gasteiger partial charge in [0, 0.05) is 24.4 Å². The first-order valence-corrected chi connectivity index (χ1v) is 0. The van der Waals surface area contributed by atoms with Crippen LogP contribution >= 0.6 is 62.0 Å². The molecule has 0 unspecified atom stereocenters. The second-order valence-corrected chi connectivity index (χ2v) is 0. The minimum atomic E-state index is 0. The van der Waals surface area contributed by atoms with Crippen LogP contribution in [0.15, 0.2) is 0 Å². The van der Waals surface area contributed by atoms with Crippen molar-refractivity contribution in [3.8, 4) is 0 Å². The monoisotopic (exact) mass is 301 g/mol. The van der Waals surface area contributed by atoms with E-state index in [0.29, 0.717) is 0 Å². The van der Waals surface area contributed by atoms with Crippen molar-refractivity contribution in [3.63, 3.8) is 0 Å². The molecule has 0 nitrogen and oxygen atoms in total. The van der Waals surface area contributed by atoms with Crippen molar-refractivity contribution >= 4 is 86.5 Å². The van der Waals surface area contributed by atoms with Gasteiger partial charge in [0.15, 0.2) is 0 Å². The third kappa shape index (κ3) is 33.8. The summed E-state index contributed by atoms with van der Waals surface area (Å²) in [6.45, 7) is 0. The molecule has 0 heterocycles. The Morgan fingerprint density at radius 2 is 0.333 bits per heavy atom. The van der Waals surface area contributed by atoms with Crippen LogP contribution in [0.3, 0.4) is 0 Å². The van der Waals surface area contributed by atoms with Gasteiger partial charge in [0.25, 0.3) is 0 Å². The van der Waals surface area contributed by atoms with Gasteiger partial charge in [0.1, 0.15) is 0 Å². The predicted molar refractivity (Wildman–Crippen MR) is 42.0 cm³/mol. The van der Waals surface area contributed by atoms with Gasteiger partial charge in [-0.05, 0) is 0 Å². The zero-order chi connectivity index (χ0) is 0. The Balaban J connectivity index is 0. The molecule has 0 aromatic heterocycles. The van der Waals surface area contributed by atoms with Crippen LogP contribution in [0.25, 0.3) is 0 Å². The largest absolute Gasteiger partial charge is 0.147 e. The van der Waals surface area contributed by atoms with E-state index in [1.54, 1.807) is 0 Å². The summed E-state index contributed by atoms with van der Waals surface area (Å²) in [5.74, 6) is 0. The van der Waals surface area contributed by atoms with Crippen LogP contribution in [0, 0.1) is 0 Å². The Morgan fingerprint density at radius 3 is 0.333 bits per heavy atom. The van der Waals surface area contributed by atoms with Crippen molar-refractivity contribution < 1.29 is 0 Å². The molecule has 0 N–H and O–H groups in total. The van der Waals surface area contributed by atoms with Gasteiger partial charge in [-0.2, -0.15) is 0 Å². The molecule has 45 valence electrons. The second-order valence-electron chi connectivity index (χ2n) is 0. The number of halogens is 5. The normalized spacial score (nSPS) is 0. The minimum absolute atomic E-state index is 0. The Kier molecular flexibility index (Phi) is 785. The van der Waals surface area contributed by atoms with Gasteiger partial charge in [-0.25, -0.2) is 0 Å². The summed E-state index contributed by atoms with van der Waals surface area (Å²) >= 11 is 0. The SMILES string of the molecule is Cl.Cl.Cl.Cl.Cl.[Sb]. The Hall–Kier alpha value is 2.27. The van der Waals surface area contributed by atoms with E-state index < -0.39 is 0 Å². The van der Waals surface area contributed by atoms with E-state index >= 15 is 0 Å². The Bertz CT molecular complexity index is 3.90. The van der Waals surface area contributed by atoms with E-state index in [-0.39, 0.29) is 86.5 Å². The van der Waals surface area contributed by atoms with E-state index in [2.05, 4.69) is 0 Å². The summed E-state index contributed by atoms with van der Waals surface area (Å²) in [6, 6.07) is 0. The van der Waals surface area contributed by atoms with Crippen molar-refractivity contribution in [2.24, 2.45) is 0 Å². The molecule has 0 aliphatic rings. The molecule has 0 aliphatic carbocycles. The van der Waals surface area contributed by atoms with Gasteiger partial charge in [0.05, 0.1) is 0 Å². The van der Waals surface area contributed by atoms with Crippen molar-refractivity contribution in [2.45, 2.75) is 0 Å². The van der Waals surface area contributed by atoms with Crippen molar-refractivity contribution in [3.05, 3.63) is 0 Å². The third-order valence-corrected chi connectivity index (χ3v) is 0. The molecule has 0 amide bonds. The van der Waals surface area contributed by atoms with E-state index in [1.807, 2.05) is 0 Å². The van der Waals surface area contributed by atoms with Crippen LogP contribution in [0.4, 0.5) is 0 Å². The van der Waals surface area contributed by atoms with Crippen LogP contribution in [0.1, 0.15) is 0 Å². The number of hydrogen-bond acceptors (Lipinski definition) is 0. The average molecular weight is 304 g/mol. The Morgan fingerprint density at radius 1 is 0.333 bits per heavy atom. The van der Waals surface area contributed by atoms with Crippen molar-refractivity contribution in [2.75, 3.05) is 0 Å². The van der Waals surface area contributed by atoms with Gasteiger partial charge >= 0.3 is 0 Å². The van der Waals surface area contributed by atoms with Gasteiger partial charge in [-0.1, -0.05) is 0 Å². The molecule has 0 fully saturated rings. The summed E-state index contributed by atoms with van der Waals surface area (Å²) in [5, 5.41) is 0. The van der Waals surface area contributed by atoms with Crippen LogP contribution in [-0.2, 0) is 0 Å². The van der Waals surface area contributed by atoms with E-state index in [4.69, 9.17) is 0 Å². The van der Waals surface area contributed by atoms with Crippen LogP contribution in [0.2, 0.25) is 0 Å². The van der Waals surface area contributed by atoms with Crippen LogP contribution in [-0.4, -0.2) is 24.4 Å².